The number of nitrogens with zero attached hydrogens (tertiary/aromatic N) is 4. The first-order valence-electron chi connectivity index (χ1n) is 5.45. The predicted molar refractivity (Wildman–Crippen MR) is 70.7 cm³/mol. The van der Waals surface area contributed by atoms with Crippen molar-refractivity contribution in [1.29, 1.82) is 5.26 Å². The molecule has 1 unspecified atom stereocenters. The highest BCUT2D eigenvalue weighted by atomic mass is 35.5. The molecule has 0 radical (unpaired) electrons. The van der Waals surface area contributed by atoms with Crippen LogP contribution in [0.2, 0.25) is 5.28 Å². The zero-order valence-electron chi connectivity index (χ0n) is 9.96. The van der Waals surface area contributed by atoms with Crippen molar-refractivity contribution < 1.29 is 0 Å². The van der Waals surface area contributed by atoms with Gasteiger partial charge in [0, 0.05) is 11.6 Å². The molecule has 0 saturated heterocycles. The van der Waals surface area contributed by atoms with Crippen LogP contribution in [0.5, 0.6) is 0 Å². The fourth-order valence-electron chi connectivity index (χ4n) is 1.45. The van der Waals surface area contributed by atoms with E-state index in [0.717, 1.165) is 10.7 Å². The van der Waals surface area contributed by atoms with E-state index < -0.39 is 5.92 Å². The lowest BCUT2D eigenvalue weighted by atomic mass is 10.1. The molecule has 6 heteroatoms. The first-order valence-corrected chi connectivity index (χ1v) is 6.71. The molecule has 0 aliphatic rings. The Labute approximate surface area is 114 Å². The monoisotopic (exact) mass is 278 g/mol. The number of rotatable bonds is 3. The molecule has 2 rings (SSSR count). The molecule has 0 aliphatic heterocycles. The molecule has 0 fully saturated rings. The Morgan fingerprint density at radius 1 is 1.33 bits per heavy atom. The Balaban J connectivity index is 2.37. The topological polar surface area (TPSA) is 62.5 Å². The number of hydrogen-bond acceptors (Lipinski definition) is 5. The van der Waals surface area contributed by atoms with Crippen LogP contribution in [-0.2, 0) is 0 Å². The van der Waals surface area contributed by atoms with Crippen LogP contribution in [0.1, 0.15) is 42.1 Å². The van der Waals surface area contributed by atoms with Gasteiger partial charge in [-0.1, -0.05) is 13.8 Å². The van der Waals surface area contributed by atoms with Gasteiger partial charge in [0.15, 0.2) is 0 Å². The maximum absolute atomic E-state index is 9.28. The summed E-state index contributed by atoms with van der Waals surface area (Å²) in [6, 6.07) is 3.90. The number of thiazole rings is 1. The van der Waals surface area contributed by atoms with Crippen LogP contribution in [-0.4, -0.2) is 15.0 Å². The van der Waals surface area contributed by atoms with Gasteiger partial charge in [0.25, 0.3) is 0 Å². The molecule has 0 aliphatic carbocycles. The number of aromatic nitrogens is 3. The van der Waals surface area contributed by atoms with Gasteiger partial charge in [0.05, 0.1) is 17.5 Å². The second-order valence-corrected chi connectivity index (χ2v) is 5.31. The van der Waals surface area contributed by atoms with E-state index in [0.29, 0.717) is 11.6 Å². The van der Waals surface area contributed by atoms with Crippen molar-refractivity contribution >= 4 is 22.9 Å². The van der Waals surface area contributed by atoms with E-state index in [4.69, 9.17) is 11.6 Å². The van der Waals surface area contributed by atoms with Crippen LogP contribution in [0.15, 0.2) is 17.6 Å². The van der Waals surface area contributed by atoms with E-state index in [9.17, 15) is 5.26 Å². The molecule has 2 heterocycles. The lowest BCUT2D eigenvalue weighted by Gasteiger charge is -2.05. The maximum atomic E-state index is 9.28. The van der Waals surface area contributed by atoms with E-state index in [1.54, 1.807) is 12.3 Å². The Morgan fingerprint density at radius 2 is 2.11 bits per heavy atom. The molecule has 0 bridgehead atoms. The van der Waals surface area contributed by atoms with Gasteiger partial charge in [-0.3, -0.25) is 0 Å². The lowest BCUT2D eigenvalue weighted by Crippen LogP contribution is -2.02. The van der Waals surface area contributed by atoms with Gasteiger partial charge in [0.1, 0.15) is 10.9 Å². The molecule has 1 atom stereocenters. The Kier molecular flexibility index (Phi) is 3.90. The molecule has 2 aromatic rings. The first kappa shape index (κ1) is 12.9. The van der Waals surface area contributed by atoms with Gasteiger partial charge in [-0.2, -0.15) is 5.26 Å². The molecule has 18 heavy (non-hydrogen) atoms. The van der Waals surface area contributed by atoms with Gasteiger partial charge in [-0.25, -0.2) is 15.0 Å². The number of hydrogen-bond donors (Lipinski definition) is 0. The Bertz CT molecular complexity index is 588. The van der Waals surface area contributed by atoms with Gasteiger partial charge in [-0.05, 0) is 23.6 Å². The standard InChI is InChI=1S/C12H11ClN4S/c1-7(2)10-6-18-11(16-10)8(5-14)9-3-4-15-12(13)17-9/h3-4,6-8H,1-2H3. The van der Waals surface area contributed by atoms with Gasteiger partial charge in [-0.15, -0.1) is 11.3 Å². The third-order valence-electron chi connectivity index (χ3n) is 2.45. The third kappa shape index (κ3) is 2.66. The van der Waals surface area contributed by atoms with Crippen LogP contribution in [0.25, 0.3) is 0 Å². The summed E-state index contributed by atoms with van der Waals surface area (Å²) >= 11 is 7.21. The molecule has 0 N–H and O–H groups in total. The molecule has 0 saturated carbocycles. The minimum Gasteiger partial charge on any atom is -0.244 e. The summed E-state index contributed by atoms with van der Waals surface area (Å²) in [6.45, 7) is 4.14. The van der Waals surface area contributed by atoms with E-state index in [2.05, 4.69) is 34.9 Å². The molecule has 0 spiro atoms. The summed E-state index contributed by atoms with van der Waals surface area (Å²) in [5.74, 6) is -0.133. The van der Waals surface area contributed by atoms with Crippen molar-refractivity contribution in [1.82, 2.24) is 15.0 Å². The molecule has 92 valence electrons. The highest BCUT2D eigenvalue weighted by Crippen LogP contribution is 2.28. The fourth-order valence-corrected chi connectivity index (χ4v) is 2.64. The van der Waals surface area contributed by atoms with Crippen molar-refractivity contribution in [2.45, 2.75) is 25.7 Å². The normalized spacial score (nSPS) is 12.4. The average Bonchev–Trinajstić information content (AvgIpc) is 2.80. The summed E-state index contributed by atoms with van der Waals surface area (Å²) < 4.78 is 0. The van der Waals surface area contributed by atoms with Crippen molar-refractivity contribution in [2.75, 3.05) is 0 Å². The van der Waals surface area contributed by atoms with E-state index >= 15 is 0 Å². The van der Waals surface area contributed by atoms with Crippen LogP contribution >= 0.6 is 22.9 Å². The van der Waals surface area contributed by atoms with Crippen LogP contribution in [0.4, 0.5) is 0 Å². The average molecular weight is 279 g/mol. The third-order valence-corrected chi connectivity index (χ3v) is 3.56. The quantitative estimate of drug-likeness (QED) is 0.808. The zero-order valence-corrected chi connectivity index (χ0v) is 11.5. The van der Waals surface area contributed by atoms with E-state index in [1.807, 2.05) is 5.38 Å². The van der Waals surface area contributed by atoms with Crippen molar-refractivity contribution in [3.63, 3.8) is 0 Å². The van der Waals surface area contributed by atoms with Crippen molar-refractivity contribution in [3.8, 4) is 6.07 Å². The summed E-state index contributed by atoms with van der Waals surface area (Å²) in [5, 5.41) is 12.2. The Morgan fingerprint density at radius 3 is 2.67 bits per heavy atom. The minimum absolute atomic E-state index is 0.147. The molecule has 2 aromatic heterocycles. The summed E-state index contributed by atoms with van der Waals surface area (Å²) in [6.07, 6.45) is 1.55. The number of nitriles is 1. The second kappa shape index (κ2) is 5.42. The Hall–Kier alpha value is -1.51. The van der Waals surface area contributed by atoms with Gasteiger partial charge < -0.3 is 0 Å². The van der Waals surface area contributed by atoms with Gasteiger partial charge in [0.2, 0.25) is 5.28 Å². The molecule has 4 nitrogen and oxygen atoms in total. The fraction of sp³-hybridized carbons (Fsp3) is 0.333. The predicted octanol–water partition coefficient (Wildman–Crippen LogP) is 3.37. The first-order chi connectivity index (χ1) is 8.61. The number of halogens is 1. The zero-order chi connectivity index (χ0) is 13.1. The molecular weight excluding hydrogens is 268 g/mol. The highest BCUT2D eigenvalue weighted by molar-refractivity contribution is 7.09. The maximum Gasteiger partial charge on any atom is 0.222 e. The highest BCUT2D eigenvalue weighted by Gasteiger charge is 2.20. The molecular formula is C12H11ClN4S. The minimum atomic E-state index is -0.483. The summed E-state index contributed by atoms with van der Waals surface area (Å²) in [7, 11) is 0. The SMILES string of the molecule is CC(C)c1csc(C(C#N)c2ccnc(Cl)n2)n1. The summed E-state index contributed by atoms with van der Waals surface area (Å²) in [4.78, 5) is 12.4. The van der Waals surface area contributed by atoms with Crippen LogP contribution in [0.3, 0.4) is 0 Å². The van der Waals surface area contributed by atoms with Crippen molar-refractivity contribution in [2.24, 2.45) is 0 Å². The largest absolute Gasteiger partial charge is 0.244 e. The van der Waals surface area contributed by atoms with E-state index in [-0.39, 0.29) is 5.28 Å². The summed E-state index contributed by atoms with van der Waals surface area (Å²) in [5.41, 5.74) is 1.58. The van der Waals surface area contributed by atoms with Crippen LogP contribution < -0.4 is 0 Å². The molecule has 0 aromatic carbocycles. The molecule has 0 amide bonds. The smallest absolute Gasteiger partial charge is 0.222 e. The second-order valence-electron chi connectivity index (χ2n) is 4.08. The lowest BCUT2D eigenvalue weighted by molar-refractivity contribution is 0.815. The van der Waals surface area contributed by atoms with E-state index in [1.165, 1.54) is 11.3 Å². The van der Waals surface area contributed by atoms with Crippen LogP contribution in [0, 0.1) is 11.3 Å². The van der Waals surface area contributed by atoms with Crippen molar-refractivity contribution in [3.05, 3.63) is 39.3 Å². The van der Waals surface area contributed by atoms with Gasteiger partial charge >= 0.3 is 0 Å².